The lowest BCUT2D eigenvalue weighted by Crippen LogP contribution is -2.46. The van der Waals surface area contributed by atoms with Crippen LogP contribution in [0.3, 0.4) is 0 Å². The lowest BCUT2D eigenvalue weighted by Gasteiger charge is -2.34. The molecule has 0 saturated carbocycles. The molecule has 2 saturated heterocycles. The van der Waals surface area contributed by atoms with Crippen LogP contribution in [0.4, 0.5) is 5.69 Å². The third kappa shape index (κ3) is 2.18. The van der Waals surface area contributed by atoms with Crippen LogP contribution in [-0.2, 0) is 14.4 Å². The first-order valence-electron chi connectivity index (χ1n) is 8.96. The van der Waals surface area contributed by atoms with Gasteiger partial charge in [0.15, 0.2) is 0 Å². The molecule has 2 aromatic carbocycles. The van der Waals surface area contributed by atoms with E-state index < -0.39 is 35.7 Å². The Hall–Kier alpha value is -3.12. The van der Waals surface area contributed by atoms with Crippen molar-refractivity contribution in [1.29, 1.82) is 0 Å². The fourth-order valence-electron chi connectivity index (χ4n) is 4.75. The highest BCUT2D eigenvalue weighted by atomic mass is 35.5. The second-order valence-corrected chi connectivity index (χ2v) is 7.66. The van der Waals surface area contributed by atoms with Gasteiger partial charge in [-0.15, -0.1) is 0 Å². The van der Waals surface area contributed by atoms with Gasteiger partial charge in [-0.1, -0.05) is 41.9 Å². The molecule has 1 unspecified atom stereocenters. The average Bonchev–Trinajstić information content (AvgIpc) is 3.15. The highest BCUT2D eigenvalue weighted by Gasteiger charge is 2.64. The normalized spacial score (nSPS) is 27.6. The van der Waals surface area contributed by atoms with Gasteiger partial charge in [0.1, 0.15) is 6.04 Å². The number of halogens is 1. The first-order valence-corrected chi connectivity index (χ1v) is 9.34. The maximum absolute atomic E-state index is 13.4. The number of nitrogens with two attached hydrogens (primary N) is 1. The summed E-state index contributed by atoms with van der Waals surface area (Å²) in [6, 6.07) is 13.0. The molecule has 0 aliphatic carbocycles. The zero-order valence-corrected chi connectivity index (χ0v) is 15.4. The number of amides is 3. The van der Waals surface area contributed by atoms with E-state index in [4.69, 9.17) is 17.3 Å². The van der Waals surface area contributed by atoms with Gasteiger partial charge in [-0.2, -0.15) is 0 Å². The Morgan fingerprint density at radius 1 is 1.00 bits per heavy atom. The summed E-state index contributed by atoms with van der Waals surface area (Å²) >= 11 is 6.06. The Kier molecular flexibility index (Phi) is 3.61. The number of fused-ring (bicyclic) bond motifs is 5. The minimum Gasteiger partial charge on any atom is -0.368 e. The number of benzene rings is 2. The van der Waals surface area contributed by atoms with Crippen LogP contribution >= 0.6 is 11.6 Å². The Morgan fingerprint density at radius 2 is 1.75 bits per heavy atom. The molecule has 140 valence electrons. The summed E-state index contributed by atoms with van der Waals surface area (Å²) in [7, 11) is 0. The zero-order chi connectivity index (χ0) is 19.6. The molecule has 6 nitrogen and oxygen atoms in total. The number of carbonyl (C=O) groups is 3. The van der Waals surface area contributed by atoms with Crippen LogP contribution in [0.2, 0.25) is 5.02 Å². The SMILES string of the molecule is NC(=O)[C@@H]1[C@@H]2C(=O)N(c3cccc(Cl)c3)C(=O)[C@@H]2C2c3ccccc3C=CN21. The molecule has 0 bridgehead atoms. The average molecular weight is 394 g/mol. The van der Waals surface area contributed by atoms with Crippen LogP contribution in [0.5, 0.6) is 0 Å². The highest BCUT2D eigenvalue weighted by Crippen LogP contribution is 2.53. The first-order chi connectivity index (χ1) is 13.5. The zero-order valence-electron chi connectivity index (χ0n) is 14.7. The maximum atomic E-state index is 13.4. The monoisotopic (exact) mass is 393 g/mol. The molecule has 3 amide bonds. The molecule has 3 aliphatic heterocycles. The summed E-state index contributed by atoms with van der Waals surface area (Å²) in [6.45, 7) is 0. The van der Waals surface area contributed by atoms with Crippen LogP contribution in [0.25, 0.3) is 6.08 Å². The van der Waals surface area contributed by atoms with Gasteiger partial charge in [0.25, 0.3) is 0 Å². The fraction of sp³-hybridized carbons (Fsp3) is 0.190. The molecule has 2 aromatic rings. The topological polar surface area (TPSA) is 83.7 Å². The Balaban J connectivity index is 1.66. The molecule has 3 heterocycles. The van der Waals surface area contributed by atoms with Crippen molar-refractivity contribution in [3.63, 3.8) is 0 Å². The van der Waals surface area contributed by atoms with Gasteiger partial charge in [-0.05, 0) is 35.4 Å². The van der Waals surface area contributed by atoms with Gasteiger partial charge in [0, 0.05) is 11.2 Å². The Labute approximate surface area is 166 Å². The molecule has 28 heavy (non-hydrogen) atoms. The molecular formula is C21H16ClN3O3. The predicted octanol–water partition coefficient (Wildman–Crippen LogP) is 2.34. The van der Waals surface area contributed by atoms with Crippen LogP contribution in [0, 0.1) is 11.8 Å². The van der Waals surface area contributed by atoms with E-state index in [2.05, 4.69) is 0 Å². The summed E-state index contributed by atoms with van der Waals surface area (Å²) in [4.78, 5) is 41.9. The third-order valence-electron chi connectivity index (χ3n) is 5.82. The van der Waals surface area contributed by atoms with E-state index in [-0.39, 0.29) is 5.91 Å². The van der Waals surface area contributed by atoms with Crippen LogP contribution in [0.1, 0.15) is 17.2 Å². The largest absolute Gasteiger partial charge is 0.368 e. The van der Waals surface area contributed by atoms with Crippen molar-refractivity contribution in [2.24, 2.45) is 17.6 Å². The fourth-order valence-corrected chi connectivity index (χ4v) is 4.94. The molecule has 4 atom stereocenters. The van der Waals surface area contributed by atoms with Crippen molar-refractivity contribution in [2.45, 2.75) is 12.1 Å². The molecule has 0 spiro atoms. The van der Waals surface area contributed by atoms with E-state index in [0.29, 0.717) is 10.7 Å². The number of rotatable bonds is 2. The van der Waals surface area contributed by atoms with Crippen molar-refractivity contribution in [2.75, 3.05) is 4.90 Å². The lowest BCUT2D eigenvalue weighted by molar-refractivity contribution is -0.129. The molecule has 5 rings (SSSR count). The molecule has 3 aliphatic rings. The first kappa shape index (κ1) is 17.0. The summed E-state index contributed by atoms with van der Waals surface area (Å²) in [6.07, 6.45) is 3.65. The van der Waals surface area contributed by atoms with Crippen LogP contribution in [-0.4, -0.2) is 28.7 Å². The van der Waals surface area contributed by atoms with E-state index in [9.17, 15) is 14.4 Å². The van der Waals surface area contributed by atoms with Gasteiger partial charge in [0.05, 0.1) is 23.6 Å². The van der Waals surface area contributed by atoms with Crippen molar-refractivity contribution < 1.29 is 14.4 Å². The van der Waals surface area contributed by atoms with Crippen molar-refractivity contribution in [3.8, 4) is 0 Å². The van der Waals surface area contributed by atoms with Crippen LogP contribution < -0.4 is 10.6 Å². The molecule has 2 N–H and O–H groups in total. The summed E-state index contributed by atoms with van der Waals surface area (Å²) in [5, 5.41) is 0.425. The second kappa shape index (κ2) is 5.94. The van der Waals surface area contributed by atoms with Crippen LogP contribution in [0.15, 0.2) is 54.7 Å². The van der Waals surface area contributed by atoms with E-state index in [1.165, 1.54) is 0 Å². The smallest absolute Gasteiger partial charge is 0.240 e. The number of anilines is 1. The highest BCUT2D eigenvalue weighted by molar-refractivity contribution is 6.31. The number of carbonyl (C=O) groups excluding carboxylic acids is 3. The molecule has 7 heteroatoms. The summed E-state index contributed by atoms with van der Waals surface area (Å²) in [5.41, 5.74) is 7.97. The molecule has 2 fully saturated rings. The molecular weight excluding hydrogens is 378 g/mol. The quantitative estimate of drug-likeness (QED) is 0.794. The van der Waals surface area contributed by atoms with Gasteiger partial charge in [-0.3, -0.25) is 14.4 Å². The van der Waals surface area contributed by atoms with E-state index in [1.54, 1.807) is 35.4 Å². The predicted molar refractivity (Wildman–Crippen MR) is 104 cm³/mol. The summed E-state index contributed by atoms with van der Waals surface area (Å²) < 4.78 is 0. The molecule has 0 radical (unpaired) electrons. The van der Waals surface area contributed by atoms with Crippen molar-refractivity contribution >= 4 is 41.1 Å². The number of hydrogen-bond donors (Lipinski definition) is 1. The minimum absolute atomic E-state index is 0.332. The number of nitrogens with zero attached hydrogens (tertiary/aromatic N) is 2. The van der Waals surface area contributed by atoms with E-state index in [0.717, 1.165) is 16.0 Å². The number of hydrogen-bond acceptors (Lipinski definition) is 4. The van der Waals surface area contributed by atoms with Crippen molar-refractivity contribution in [1.82, 2.24) is 4.90 Å². The maximum Gasteiger partial charge on any atom is 0.240 e. The summed E-state index contributed by atoms with van der Waals surface area (Å²) in [5.74, 6) is -2.88. The Morgan fingerprint density at radius 3 is 2.50 bits per heavy atom. The van der Waals surface area contributed by atoms with Gasteiger partial charge in [-0.25, -0.2) is 4.90 Å². The minimum atomic E-state index is -0.875. The lowest BCUT2D eigenvalue weighted by atomic mass is 9.84. The van der Waals surface area contributed by atoms with Gasteiger partial charge in [0.2, 0.25) is 17.7 Å². The standard InChI is InChI=1S/C21H16ClN3O3/c22-12-5-3-6-13(10-12)25-20(27)15-16(21(25)28)18(19(23)26)24-9-8-11-4-1-2-7-14(11)17(15)24/h1-10,15-18H,(H2,23,26)/t15-,16+,17?,18-/m0/s1. The van der Waals surface area contributed by atoms with E-state index >= 15 is 0 Å². The van der Waals surface area contributed by atoms with Crippen molar-refractivity contribution in [3.05, 3.63) is 70.9 Å². The number of imide groups is 1. The van der Waals surface area contributed by atoms with Gasteiger partial charge < -0.3 is 10.6 Å². The molecule has 0 aromatic heterocycles. The number of primary amides is 1. The Bertz CT molecular complexity index is 1070. The second-order valence-electron chi connectivity index (χ2n) is 7.23. The van der Waals surface area contributed by atoms with Gasteiger partial charge >= 0.3 is 0 Å². The van der Waals surface area contributed by atoms with E-state index in [1.807, 2.05) is 30.3 Å². The third-order valence-corrected chi connectivity index (χ3v) is 6.05.